The van der Waals surface area contributed by atoms with Gasteiger partial charge in [-0.3, -0.25) is 9.78 Å². The van der Waals surface area contributed by atoms with Crippen LogP contribution in [0, 0.1) is 0 Å². The van der Waals surface area contributed by atoms with Crippen LogP contribution in [0.5, 0.6) is 0 Å². The molecule has 0 unspecified atom stereocenters. The summed E-state index contributed by atoms with van der Waals surface area (Å²) in [6, 6.07) is 6.86. The van der Waals surface area contributed by atoms with Crippen molar-refractivity contribution in [3.05, 3.63) is 42.4 Å². The molecule has 2 aromatic rings. The van der Waals surface area contributed by atoms with Crippen LogP contribution in [0.2, 0.25) is 0 Å². The van der Waals surface area contributed by atoms with Crippen LogP contribution in [0.3, 0.4) is 0 Å². The first-order valence-corrected chi connectivity index (χ1v) is 5.42. The zero-order chi connectivity index (χ0) is 13.0. The number of anilines is 2. The predicted molar refractivity (Wildman–Crippen MR) is 68.5 cm³/mol. The molecule has 0 aliphatic heterocycles. The molecule has 0 atom stereocenters. The minimum absolute atomic E-state index is 0.212. The van der Waals surface area contributed by atoms with Crippen LogP contribution in [0.15, 0.2) is 36.7 Å². The van der Waals surface area contributed by atoms with Crippen molar-refractivity contribution in [2.45, 2.75) is 0 Å². The van der Waals surface area contributed by atoms with Gasteiger partial charge in [0.1, 0.15) is 5.82 Å². The van der Waals surface area contributed by atoms with Gasteiger partial charge < -0.3 is 10.2 Å². The van der Waals surface area contributed by atoms with E-state index in [0.29, 0.717) is 11.5 Å². The molecule has 18 heavy (non-hydrogen) atoms. The fourth-order valence-electron chi connectivity index (χ4n) is 1.44. The average Bonchev–Trinajstić information content (AvgIpc) is 2.47. The van der Waals surface area contributed by atoms with E-state index in [-0.39, 0.29) is 5.91 Å². The number of carbonyl (C=O) groups excluding carboxylic acids is 1. The van der Waals surface area contributed by atoms with Crippen LogP contribution in [-0.2, 0) is 0 Å². The van der Waals surface area contributed by atoms with Crippen LogP contribution in [-0.4, -0.2) is 35.2 Å². The van der Waals surface area contributed by atoms with Gasteiger partial charge in [-0.05, 0) is 24.3 Å². The Bertz CT molecular complexity index is 526. The van der Waals surface area contributed by atoms with Crippen molar-refractivity contribution in [2.24, 2.45) is 0 Å². The van der Waals surface area contributed by atoms with Crippen molar-refractivity contribution in [1.29, 1.82) is 0 Å². The molecule has 0 spiro atoms. The fraction of sp³-hybridized carbons (Fsp3) is 0.167. The van der Waals surface area contributed by atoms with E-state index in [1.54, 1.807) is 50.8 Å². The highest BCUT2D eigenvalue weighted by atomic mass is 16.2. The van der Waals surface area contributed by atoms with Crippen LogP contribution in [0.25, 0.3) is 0 Å². The van der Waals surface area contributed by atoms with Crippen molar-refractivity contribution in [2.75, 3.05) is 24.3 Å². The molecule has 0 bridgehead atoms. The summed E-state index contributed by atoms with van der Waals surface area (Å²) >= 11 is 0. The second-order valence-corrected chi connectivity index (χ2v) is 3.62. The molecule has 1 amide bonds. The number of aromatic nitrogens is 3. The lowest BCUT2D eigenvalue weighted by Crippen LogP contribution is -2.27. The van der Waals surface area contributed by atoms with Crippen molar-refractivity contribution in [3.63, 3.8) is 0 Å². The molecule has 0 aromatic carbocycles. The Morgan fingerprint density at radius 2 is 1.89 bits per heavy atom. The SMILES string of the molecule is CNc1ccc(C(=O)N(C)c2ccncc2)nn1. The highest BCUT2D eigenvalue weighted by molar-refractivity contribution is 6.04. The Labute approximate surface area is 105 Å². The number of hydrogen-bond acceptors (Lipinski definition) is 5. The predicted octanol–water partition coefficient (Wildman–Crippen LogP) is 1.19. The topological polar surface area (TPSA) is 71.0 Å². The van der Waals surface area contributed by atoms with Gasteiger partial charge in [0.2, 0.25) is 0 Å². The van der Waals surface area contributed by atoms with E-state index in [9.17, 15) is 4.79 Å². The van der Waals surface area contributed by atoms with E-state index in [0.717, 1.165) is 5.69 Å². The molecule has 0 aliphatic carbocycles. The molecule has 2 aromatic heterocycles. The molecular formula is C12H13N5O. The zero-order valence-corrected chi connectivity index (χ0v) is 10.2. The normalized spacial score (nSPS) is 9.89. The minimum Gasteiger partial charge on any atom is -0.372 e. The highest BCUT2D eigenvalue weighted by Gasteiger charge is 2.15. The maximum atomic E-state index is 12.1. The standard InChI is InChI=1S/C12H13N5O/c1-13-11-4-3-10(15-16-11)12(18)17(2)9-5-7-14-8-6-9/h3-8H,1-2H3,(H,13,16). The first kappa shape index (κ1) is 12.0. The summed E-state index contributed by atoms with van der Waals surface area (Å²) in [5, 5.41) is 10.6. The zero-order valence-electron chi connectivity index (χ0n) is 10.2. The molecular weight excluding hydrogens is 230 g/mol. The first-order valence-electron chi connectivity index (χ1n) is 5.42. The van der Waals surface area contributed by atoms with E-state index in [4.69, 9.17) is 0 Å². The molecule has 2 rings (SSSR count). The molecule has 0 saturated carbocycles. The van der Waals surface area contributed by atoms with Crippen molar-refractivity contribution in [3.8, 4) is 0 Å². The van der Waals surface area contributed by atoms with E-state index < -0.39 is 0 Å². The highest BCUT2D eigenvalue weighted by Crippen LogP contribution is 2.13. The summed E-state index contributed by atoms with van der Waals surface area (Å²) in [5.74, 6) is 0.412. The van der Waals surface area contributed by atoms with Gasteiger partial charge in [0, 0.05) is 32.2 Å². The maximum Gasteiger partial charge on any atom is 0.278 e. The van der Waals surface area contributed by atoms with Gasteiger partial charge in [0.15, 0.2) is 5.69 Å². The van der Waals surface area contributed by atoms with Crippen LogP contribution < -0.4 is 10.2 Å². The van der Waals surface area contributed by atoms with Gasteiger partial charge in [0.25, 0.3) is 5.91 Å². The third-order valence-corrected chi connectivity index (χ3v) is 2.49. The number of rotatable bonds is 3. The summed E-state index contributed by atoms with van der Waals surface area (Å²) in [6.45, 7) is 0. The van der Waals surface area contributed by atoms with E-state index >= 15 is 0 Å². The first-order chi connectivity index (χ1) is 8.72. The molecule has 2 heterocycles. The number of pyridine rings is 1. The lowest BCUT2D eigenvalue weighted by molar-refractivity contribution is 0.0987. The lowest BCUT2D eigenvalue weighted by Gasteiger charge is -2.16. The lowest BCUT2D eigenvalue weighted by atomic mass is 10.3. The molecule has 92 valence electrons. The van der Waals surface area contributed by atoms with Crippen LogP contribution in [0.1, 0.15) is 10.5 Å². The maximum absolute atomic E-state index is 12.1. The minimum atomic E-state index is -0.212. The largest absolute Gasteiger partial charge is 0.372 e. The Kier molecular flexibility index (Phi) is 3.47. The number of amides is 1. The second kappa shape index (κ2) is 5.22. The fourth-order valence-corrected chi connectivity index (χ4v) is 1.44. The summed E-state index contributed by atoms with van der Waals surface area (Å²) in [6.07, 6.45) is 3.27. The van der Waals surface area contributed by atoms with Crippen molar-refractivity contribution >= 4 is 17.4 Å². The average molecular weight is 243 g/mol. The number of nitrogens with zero attached hydrogens (tertiary/aromatic N) is 4. The van der Waals surface area contributed by atoms with Gasteiger partial charge >= 0.3 is 0 Å². The third-order valence-electron chi connectivity index (χ3n) is 2.49. The molecule has 0 radical (unpaired) electrons. The van der Waals surface area contributed by atoms with Crippen LogP contribution in [0.4, 0.5) is 11.5 Å². The smallest absolute Gasteiger partial charge is 0.278 e. The summed E-state index contributed by atoms with van der Waals surface area (Å²) < 4.78 is 0. The van der Waals surface area contributed by atoms with E-state index in [1.807, 2.05) is 0 Å². The van der Waals surface area contributed by atoms with Gasteiger partial charge in [-0.25, -0.2) is 0 Å². The van der Waals surface area contributed by atoms with Gasteiger partial charge in [0.05, 0.1) is 0 Å². The quantitative estimate of drug-likeness (QED) is 0.876. The van der Waals surface area contributed by atoms with Crippen LogP contribution >= 0.6 is 0 Å². The molecule has 6 heteroatoms. The van der Waals surface area contributed by atoms with Gasteiger partial charge in [-0.1, -0.05) is 0 Å². The summed E-state index contributed by atoms with van der Waals surface area (Å²) in [7, 11) is 3.43. The Morgan fingerprint density at radius 3 is 2.44 bits per heavy atom. The summed E-state index contributed by atoms with van der Waals surface area (Å²) in [5.41, 5.74) is 1.06. The molecule has 6 nitrogen and oxygen atoms in total. The second-order valence-electron chi connectivity index (χ2n) is 3.62. The van der Waals surface area contributed by atoms with Gasteiger partial charge in [-0.2, -0.15) is 0 Å². The number of hydrogen-bond donors (Lipinski definition) is 1. The molecule has 0 saturated heterocycles. The van der Waals surface area contributed by atoms with Crippen molar-refractivity contribution in [1.82, 2.24) is 15.2 Å². The Balaban J connectivity index is 2.20. The van der Waals surface area contributed by atoms with E-state index in [1.165, 1.54) is 4.90 Å². The third kappa shape index (κ3) is 2.42. The Morgan fingerprint density at radius 1 is 1.17 bits per heavy atom. The molecule has 0 fully saturated rings. The summed E-state index contributed by atoms with van der Waals surface area (Å²) in [4.78, 5) is 17.5. The molecule has 0 aliphatic rings. The van der Waals surface area contributed by atoms with Gasteiger partial charge in [-0.15, -0.1) is 10.2 Å². The van der Waals surface area contributed by atoms with Crippen molar-refractivity contribution < 1.29 is 4.79 Å². The monoisotopic (exact) mass is 243 g/mol. The molecule has 1 N–H and O–H groups in total. The number of carbonyl (C=O) groups is 1. The van der Waals surface area contributed by atoms with E-state index in [2.05, 4.69) is 20.5 Å². The number of nitrogens with one attached hydrogen (secondary N) is 1. The Hall–Kier alpha value is -2.50.